The summed E-state index contributed by atoms with van der Waals surface area (Å²) < 4.78 is 10.3. The smallest absolute Gasteiger partial charge is 0.323 e. The fraction of sp³-hybridized carbons (Fsp3) is 0.500. The monoisotopic (exact) mass is 249 g/mol. The van der Waals surface area contributed by atoms with Gasteiger partial charge in [-0.3, -0.25) is 4.79 Å². The number of nitrogens with one attached hydrogen (secondary N) is 1. The van der Waals surface area contributed by atoms with Crippen LogP contribution in [0.25, 0.3) is 0 Å². The fourth-order valence-electron chi connectivity index (χ4n) is 2.07. The molecule has 0 spiro atoms. The second-order valence-corrected chi connectivity index (χ2v) is 4.27. The molecule has 0 saturated carbocycles. The first-order valence-electron chi connectivity index (χ1n) is 6.35. The number of rotatable bonds is 5. The quantitative estimate of drug-likeness (QED) is 0.631. The first-order chi connectivity index (χ1) is 8.81. The second kappa shape index (κ2) is 6.52. The zero-order valence-electron chi connectivity index (χ0n) is 10.6. The van der Waals surface area contributed by atoms with E-state index < -0.39 is 0 Å². The summed E-state index contributed by atoms with van der Waals surface area (Å²) in [6, 6.07) is 7.93. The van der Waals surface area contributed by atoms with Crippen molar-refractivity contribution >= 4 is 5.97 Å². The van der Waals surface area contributed by atoms with Crippen LogP contribution in [0.3, 0.4) is 0 Å². The van der Waals surface area contributed by atoms with E-state index in [0.717, 1.165) is 6.54 Å². The van der Waals surface area contributed by atoms with Gasteiger partial charge in [-0.25, -0.2) is 0 Å². The molecule has 1 aromatic carbocycles. The Hall–Kier alpha value is -1.39. The van der Waals surface area contributed by atoms with Gasteiger partial charge in [0, 0.05) is 13.2 Å². The third-order valence-electron chi connectivity index (χ3n) is 3.04. The summed E-state index contributed by atoms with van der Waals surface area (Å²) in [6.07, 6.45) is 0.698. The van der Waals surface area contributed by atoms with E-state index in [4.69, 9.17) is 9.47 Å². The lowest BCUT2D eigenvalue weighted by Crippen LogP contribution is -2.43. The van der Waals surface area contributed by atoms with Crippen molar-refractivity contribution in [3.05, 3.63) is 35.4 Å². The van der Waals surface area contributed by atoms with Crippen molar-refractivity contribution in [3.8, 4) is 0 Å². The summed E-state index contributed by atoms with van der Waals surface area (Å²) in [5, 5.41) is 3.20. The molecule has 0 amide bonds. The molecule has 4 nitrogen and oxygen atoms in total. The number of hydrogen-bond donors (Lipinski definition) is 1. The summed E-state index contributed by atoms with van der Waals surface area (Å²) in [5.41, 5.74) is 2.49. The van der Waals surface area contributed by atoms with Gasteiger partial charge in [-0.1, -0.05) is 24.3 Å². The third kappa shape index (κ3) is 3.31. The van der Waals surface area contributed by atoms with Gasteiger partial charge in [0.15, 0.2) is 0 Å². The second-order valence-electron chi connectivity index (χ2n) is 4.27. The molecule has 1 aliphatic rings. The molecule has 1 aliphatic heterocycles. The molecule has 1 heterocycles. The molecule has 1 aromatic rings. The first-order valence-corrected chi connectivity index (χ1v) is 6.35. The van der Waals surface area contributed by atoms with Gasteiger partial charge in [-0.15, -0.1) is 0 Å². The molecule has 1 unspecified atom stereocenters. The van der Waals surface area contributed by atoms with E-state index in [1.54, 1.807) is 0 Å². The lowest BCUT2D eigenvalue weighted by molar-refractivity contribution is -0.147. The largest absolute Gasteiger partial charge is 0.462 e. The van der Waals surface area contributed by atoms with Gasteiger partial charge in [0.25, 0.3) is 0 Å². The number of carbonyl (C=O) groups excluding carboxylic acids is 1. The highest BCUT2D eigenvalue weighted by Gasteiger charge is 2.24. The Balaban J connectivity index is 1.83. The lowest BCUT2D eigenvalue weighted by Gasteiger charge is -2.24. The predicted octanol–water partition coefficient (Wildman–Crippen LogP) is 1.28. The lowest BCUT2D eigenvalue weighted by atomic mass is 9.96. The summed E-state index contributed by atoms with van der Waals surface area (Å²) in [6.45, 7) is 4.08. The Bertz CT molecular complexity index is 406. The van der Waals surface area contributed by atoms with Gasteiger partial charge >= 0.3 is 5.97 Å². The predicted molar refractivity (Wildman–Crippen MR) is 68.2 cm³/mol. The van der Waals surface area contributed by atoms with E-state index in [-0.39, 0.29) is 12.0 Å². The first kappa shape index (κ1) is 13.1. The zero-order valence-corrected chi connectivity index (χ0v) is 10.6. The van der Waals surface area contributed by atoms with Gasteiger partial charge in [-0.05, 0) is 24.5 Å². The van der Waals surface area contributed by atoms with E-state index in [2.05, 4.69) is 17.4 Å². The minimum absolute atomic E-state index is 0.191. The van der Waals surface area contributed by atoms with Crippen LogP contribution in [0.15, 0.2) is 24.3 Å². The zero-order chi connectivity index (χ0) is 12.8. The number of esters is 1. The van der Waals surface area contributed by atoms with Crippen molar-refractivity contribution < 1.29 is 14.3 Å². The summed E-state index contributed by atoms with van der Waals surface area (Å²) in [4.78, 5) is 11.8. The van der Waals surface area contributed by atoms with Crippen molar-refractivity contribution in [2.24, 2.45) is 0 Å². The Morgan fingerprint density at radius 3 is 2.89 bits per heavy atom. The minimum atomic E-state index is -0.235. The highest BCUT2D eigenvalue weighted by Crippen LogP contribution is 2.16. The van der Waals surface area contributed by atoms with Crippen molar-refractivity contribution in [2.45, 2.75) is 25.9 Å². The van der Waals surface area contributed by atoms with E-state index in [0.29, 0.717) is 26.2 Å². The van der Waals surface area contributed by atoms with Crippen LogP contribution in [0, 0.1) is 0 Å². The molecule has 0 fully saturated rings. The van der Waals surface area contributed by atoms with Crippen LogP contribution in [0.2, 0.25) is 0 Å². The average Bonchev–Trinajstić information content (AvgIpc) is 2.43. The maximum Gasteiger partial charge on any atom is 0.323 e. The number of carbonyl (C=O) groups is 1. The molecule has 2 rings (SSSR count). The molecular formula is C14H19NO3. The SMILES string of the molecule is CCOCCOC(=O)C1Cc2ccccc2CN1. The highest BCUT2D eigenvalue weighted by atomic mass is 16.6. The van der Waals surface area contributed by atoms with Gasteiger partial charge < -0.3 is 14.8 Å². The van der Waals surface area contributed by atoms with Crippen LogP contribution in [0.5, 0.6) is 0 Å². The van der Waals surface area contributed by atoms with Gasteiger partial charge in [0.2, 0.25) is 0 Å². The molecule has 98 valence electrons. The maximum absolute atomic E-state index is 11.8. The molecule has 18 heavy (non-hydrogen) atoms. The Morgan fingerprint density at radius 1 is 1.33 bits per heavy atom. The van der Waals surface area contributed by atoms with Gasteiger partial charge in [-0.2, -0.15) is 0 Å². The molecule has 1 N–H and O–H groups in total. The molecular weight excluding hydrogens is 230 g/mol. The fourth-order valence-corrected chi connectivity index (χ4v) is 2.07. The number of benzene rings is 1. The van der Waals surface area contributed by atoms with Crippen LogP contribution >= 0.6 is 0 Å². The Labute approximate surface area is 107 Å². The number of fused-ring (bicyclic) bond motifs is 1. The van der Waals surface area contributed by atoms with Crippen molar-refractivity contribution in [3.63, 3.8) is 0 Å². The summed E-state index contributed by atoms with van der Waals surface area (Å²) in [5.74, 6) is -0.191. The van der Waals surface area contributed by atoms with Crippen molar-refractivity contribution in [2.75, 3.05) is 19.8 Å². The van der Waals surface area contributed by atoms with Gasteiger partial charge in [0.05, 0.1) is 6.61 Å². The van der Waals surface area contributed by atoms with Crippen LogP contribution in [0.4, 0.5) is 0 Å². The van der Waals surface area contributed by atoms with E-state index in [1.807, 2.05) is 19.1 Å². The molecule has 1 atom stereocenters. The maximum atomic E-state index is 11.8. The number of hydrogen-bond acceptors (Lipinski definition) is 4. The molecule has 4 heteroatoms. The van der Waals surface area contributed by atoms with Crippen LogP contribution in [0.1, 0.15) is 18.1 Å². The van der Waals surface area contributed by atoms with E-state index in [9.17, 15) is 4.79 Å². The molecule has 0 aromatic heterocycles. The van der Waals surface area contributed by atoms with Crippen LogP contribution in [-0.2, 0) is 27.2 Å². The third-order valence-corrected chi connectivity index (χ3v) is 3.04. The average molecular weight is 249 g/mol. The van der Waals surface area contributed by atoms with Crippen molar-refractivity contribution in [1.29, 1.82) is 0 Å². The molecule has 0 radical (unpaired) electrons. The van der Waals surface area contributed by atoms with E-state index >= 15 is 0 Å². The minimum Gasteiger partial charge on any atom is -0.462 e. The highest BCUT2D eigenvalue weighted by molar-refractivity contribution is 5.76. The van der Waals surface area contributed by atoms with Gasteiger partial charge in [0.1, 0.15) is 12.6 Å². The molecule has 0 saturated heterocycles. The number of ether oxygens (including phenoxy) is 2. The van der Waals surface area contributed by atoms with Crippen molar-refractivity contribution in [1.82, 2.24) is 5.32 Å². The van der Waals surface area contributed by atoms with Crippen LogP contribution < -0.4 is 5.32 Å². The molecule has 0 bridgehead atoms. The summed E-state index contributed by atoms with van der Waals surface area (Å²) in [7, 11) is 0. The van der Waals surface area contributed by atoms with E-state index in [1.165, 1.54) is 11.1 Å². The topological polar surface area (TPSA) is 47.6 Å². The Kier molecular flexibility index (Phi) is 4.73. The molecule has 0 aliphatic carbocycles. The Morgan fingerprint density at radius 2 is 2.11 bits per heavy atom. The summed E-state index contributed by atoms with van der Waals surface area (Å²) >= 11 is 0. The standard InChI is InChI=1S/C14H19NO3/c1-2-17-7-8-18-14(16)13-9-11-5-3-4-6-12(11)10-15-13/h3-6,13,15H,2,7-10H2,1H3. The normalized spacial score (nSPS) is 18.2. The van der Waals surface area contributed by atoms with Crippen LogP contribution in [-0.4, -0.2) is 31.8 Å².